The molecule has 1 rings (SSSR count). The van der Waals surface area contributed by atoms with Gasteiger partial charge in [-0.2, -0.15) is 0 Å². The summed E-state index contributed by atoms with van der Waals surface area (Å²) in [5.41, 5.74) is 0. The molecular weight excluding hydrogens is 128 g/mol. The Morgan fingerprint density at radius 1 is 1.88 bits per heavy atom. The van der Waals surface area contributed by atoms with Crippen molar-refractivity contribution in [1.82, 2.24) is 5.32 Å². The van der Waals surface area contributed by atoms with E-state index in [9.17, 15) is 4.79 Å². The third-order valence-corrected chi connectivity index (χ3v) is 1.56. The molecule has 1 heterocycles. The van der Waals surface area contributed by atoms with E-state index in [1.165, 1.54) is 11.8 Å². The maximum atomic E-state index is 10.4. The van der Waals surface area contributed by atoms with Crippen LogP contribution in [0.3, 0.4) is 0 Å². The number of amides is 1. The molecule has 0 unspecified atom stereocenters. The van der Waals surface area contributed by atoms with Gasteiger partial charge in [0.2, 0.25) is 5.04 Å². The van der Waals surface area contributed by atoms with Gasteiger partial charge in [-0.15, -0.1) is 0 Å². The van der Waals surface area contributed by atoms with Gasteiger partial charge >= 0.3 is 0 Å². The molecule has 1 aliphatic rings. The van der Waals surface area contributed by atoms with Crippen LogP contribution >= 0.6 is 11.8 Å². The molecule has 1 fully saturated rings. The van der Waals surface area contributed by atoms with Crippen LogP contribution in [0.2, 0.25) is 0 Å². The predicted octanol–water partition coefficient (Wildman–Crippen LogP) is -0.405. The highest BCUT2D eigenvalue weighted by molar-refractivity contribution is 8.16. The molecule has 0 atom stereocenters. The highest BCUT2D eigenvalue weighted by atomic mass is 32.2. The van der Waals surface area contributed by atoms with E-state index in [1.807, 2.05) is 0 Å². The Hall–Kier alpha value is -0.710. The van der Waals surface area contributed by atoms with Crippen LogP contribution in [0.4, 0.5) is 0 Å². The van der Waals surface area contributed by atoms with E-state index in [0.29, 0.717) is 5.88 Å². The smallest absolute Gasteiger partial charge is 0.280 e. The van der Waals surface area contributed by atoms with Crippen molar-refractivity contribution < 1.29 is 10.0 Å². The molecule has 1 amide bonds. The average Bonchev–Trinajstić information content (AvgIpc) is 2.14. The maximum absolute atomic E-state index is 10.4. The quantitative estimate of drug-likeness (QED) is 0.348. The Balaban J connectivity index is 2.69. The Labute approximate surface area is 49.9 Å². The number of oxime groups is 1. The molecule has 4 nitrogen and oxygen atoms in total. The second-order valence-corrected chi connectivity index (χ2v) is 2.16. The van der Waals surface area contributed by atoms with Crippen molar-refractivity contribution in [3.05, 3.63) is 0 Å². The molecule has 2 N–H and O–H groups in total. The normalized spacial score (nSPS) is 24.0. The van der Waals surface area contributed by atoms with Crippen LogP contribution in [0, 0.1) is 0 Å². The summed E-state index contributed by atoms with van der Waals surface area (Å²) in [7, 11) is 0. The highest BCUT2D eigenvalue weighted by Crippen LogP contribution is 2.07. The molecule has 1 aliphatic heterocycles. The van der Waals surface area contributed by atoms with Crippen molar-refractivity contribution in [3.8, 4) is 0 Å². The van der Waals surface area contributed by atoms with Crippen LogP contribution in [0.15, 0.2) is 5.16 Å². The van der Waals surface area contributed by atoms with Gasteiger partial charge in [0.15, 0.2) is 0 Å². The lowest BCUT2D eigenvalue weighted by Crippen LogP contribution is -2.18. The van der Waals surface area contributed by atoms with Crippen molar-refractivity contribution in [2.45, 2.75) is 0 Å². The lowest BCUT2D eigenvalue weighted by molar-refractivity contribution is -0.114. The summed E-state index contributed by atoms with van der Waals surface area (Å²) < 4.78 is 0. The highest BCUT2D eigenvalue weighted by Gasteiger charge is 2.18. The predicted molar refractivity (Wildman–Crippen MR) is 29.8 cm³/mol. The number of hydrogen-bond donors (Lipinski definition) is 2. The molecule has 0 aromatic carbocycles. The van der Waals surface area contributed by atoms with Gasteiger partial charge in [0.25, 0.3) is 5.91 Å². The lowest BCUT2D eigenvalue weighted by Gasteiger charge is -1.81. The molecule has 0 aromatic heterocycles. The zero-order valence-electron chi connectivity index (χ0n) is 3.92. The third kappa shape index (κ3) is 0.764. The van der Waals surface area contributed by atoms with Crippen molar-refractivity contribution in [2.75, 3.05) is 5.88 Å². The van der Waals surface area contributed by atoms with Crippen LogP contribution in [0.5, 0.6) is 0 Å². The van der Waals surface area contributed by atoms with E-state index in [2.05, 4.69) is 10.5 Å². The second kappa shape index (κ2) is 2.04. The van der Waals surface area contributed by atoms with Gasteiger partial charge in [-0.1, -0.05) is 16.9 Å². The van der Waals surface area contributed by atoms with Gasteiger partial charge in [0.1, 0.15) is 0 Å². The monoisotopic (exact) mass is 132 g/mol. The van der Waals surface area contributed by atoms with Crippen LogP contribution in [-0.4, -0.2) is 22.0 Å². The minimum Gasteiger partial charge on any atom is -0.410 e. The van der Waals surface area contributed by atoms with Gasteiger partial charge in [0, 0.05) is 0 Å². The first-order valence-electron chi connectivity index (χ1n) is 1.97. The summed E-state index contributed by atoms with van der Waals surface area (Å²) in [5.74, 6) is 0.218. The fraction of sp³-hybridized carbons (Fsp3) is 0.333. The minimum absolute atomic E-state index is 0.144. The number of carbonyl (C=O) groups is 1. The first-order chi connectivity index (χ1) is 3.84. The first-order valence-corrected chi connectivity index (χ1v) is 2.96. The Kier molecular flexibility index (Phi) is 1.38. The van der Waals surface area contributed by atoms with E-state index < -0.39 is 0 Å². The lowest BCUT2D eigenvalue weighted by atomic mass is 10.7. The number of nitrogens with one attached hydrogen (secondary N) is 1. The van der Waals surface area contributed by atoms with Crippen molar-refractivity contribution in [3.63, 3.8) is 0 Å². The van der Waals surface area contributed by atoms with E-state index in [0.717, 1.165) is 0 Å². The van der Waals surface area contributed by atoms with E-state index in [4.69, 9.17) is 5.21 Å². The summed E-state index contributed by atoms with van der Waals surface area (Å²) in [4.78, 5) is 10.4. The molecular formula is C3H4N2O2S. The SMILES string of the molecule is O=C1NCSC1=NO. The fourth-order valence-corrected chi connectivity index (χ4v) is 0.986. The number of hydrogen-bond acceptors (Lipinski definition) is 4. The van der Waals surface area contributed by atoms with Gasteiger partial charge in [0.05, 0.1) is 5.88 Å². The van der Waals surface area contributed by atoms with Crippen molar-refractivity contribution >= 4 is 22.7 Å². The van der Waals surface area contributed by atoms with Crippen LogP contribution in [-0.2, 0) is 4.79 Å². The average molecular weight is 132 g/mol. The summed E-state index contributed by atoms with van der Waals surface area (Å²) in [6.45, 7) is 0. The standard InChI is InChI=1S/C3H4N2O2S/c6-2-3(5-7)8-1-4-2/h7H,1H2,(H,4,6). The Morgan fingerprint density at radius 2 is 2.62 bits per heavy atom. The van der Waals surface area contributed by atoms with Gasteiger partial charge in [-0.25, -0.2) is 0 Å². The summed E-state index contributed by atoms with van der Waals surface area (Å²) >= 11 is 1.19. The number of thioether (sulfide) groups is 1. The summed E-state index contributed by atoms with van der Waals surface area (Å²) in [6.07, 6.45) is 0. The molecule has 0 spiro atoms. The molecule has 44 valence electrons. The van der Waals surface area contributed by atoms with Gasteiger partial charge in [-0.05, 0) is 0 Å². The zero-order chi connectivity index (χ0) is 5.98. The molecule has 0 aliphatic carbocycles. The maximum Gasteiger partial charge on any atom is 0.280 e. The largest absolute Gasteiger partial charge is 0.410 e. The first kappa shape index (κ1) is 5.43. The van der Waals surface area contributed by atoms with Crippen LogP contribution in [0.1, 0.15) is 0 Å². The molecule has 0 bridgehead atoms. The molecule has 0 radical (unpaired) electrons. The zero-order valence-corrected chi connectivity index (χ0v) is 4.73. The van der Waals surface area contributed by atoms with E-state index in [1.54, 1.807) is 0 Å². The number of rotatable bonds is 0. The molecule has 5 heteroatoms. The fourth-order valence-electron chi connectivity index (χ4n) is 0.385. The molecule has 0 aromatic rings. The summed E-state index contributed by atoms with van der Waals surface area (Å²) in [6, 6.07) is 0. The molecule has 1 saturated heterocycles. The van der Waals surface area contributed by atoms with E-state index in [-0.39, 0.29) is 11.0 Å². The Bertz CT molecular complexity index is 144. The molecule has 0 saturated carbocycles. The third-order valence-electron chi connectivity index (χ3n) is 0.727. The van der Waals surface area contributed by atoms with Crippen LogP contribution in [0.25, 0.3) is 0 Å². The number of nitrogens with zero attached hydrogens (tertiary/aromatic N) is 1. The summed E-state index contributed by atoms with van der Waals surface area (Å²) in [5, 5.41) is 13.4. The number of carbonyl (C=O) groups excluding carboxylic acids is 1. The minimum atomic E-state index is -0.294. The van der Waals surface area contributed by atoms with Crippen molar-refractivity contribution in [2.24, 2.45) is 5.16 Å². The van der Waals surface area contributed by atoms with Crippen molar-refractivity contribution in [1.29, 1.82) is 0 Å². The van der Waals surface area contributed by atoms with Crippen LogP contribution < -0.4 is 5.32 Å². The van der Waals surface area contributed by atoms with Gasteiger partial charge in [-0.3, -0.25) is 4.79 Å². The van der Waals surface area contributed by atoms with Gasteiger partial charge < -0.3 is 10.5 Å². The topological polar surface area (TPSA) is 61.7 Å². The van der Waals surface area contributed by atoms with E-state index >= 15 is 0 Å². The Morgan fingerprint density at radius 3 is 2.88 bits per heavy atom. The second-order valence-electron chi connectivity index (χ2n) is 1.20. The molecule has 8 heavy (non-hydrogen) atoms.